The zero-order valence-electron chi connectivity index (χ0n) is 18.8. The van der Waals surface area contributed by atoms with Crippen LogP contribution in [0, 0.1) is 5.92 Å². The number of carbonyl (C=O) groups excluding carboxylic acids is 1. The summed E-state index contributed by atoms with van der Waals surface area (Å²) < 4.78 is 33.3. The summed E-state index contributed by atoms with van der Waals surface area (Å²) in [4.78, 5) is 23.7. The van der Waals surface area contributed by atoms with Gasteiger partial charge in [-0.25, -0.2) is 14.7 Å². The number of nitrogens with zero attached hydrogens (tertiary/aromatic N) is 3. The highest BCUT2D eigenvalue weighted by Crippen LogP contribution is 2.37. The van der Waals surface area contributed by atoms with Gasteiger partial charge in [-0.15, -0.1) is 0 Å². The molecule has 0 aliphatic carbocycles. The number of nitrogens with one attached hydrogen (secondary N) is 2. The van der Waals surface area contributed by atoms with Crippen LogP contribution in [-0.2, 0) is 16.6 Å². The summed E-state index contributed by atoms with van der Waals surface area (Å²) >= 11 is 0. The number of aromatic nitrogens is 2. The van der Waals surface area contributed by atoms with Gasteiger partial charge < -0.3 is 14.6 Å². The van der Waals surface area contributed by atoms with Gasteiger partial charge in [0, 0.05) is 18.3 Å². The van der Waals surface area contributed by atoms with E-state index in [1.54, 1.807) is 48.9 Å². The van der Waals surface area contributed by atoms with Gasteiger partial charge in [-0.3, -0.25) is 4.79 Å². The second-order valence-corrected chi connectivity index (χ2v) is 10.5. The molecule has 9 nitrogen and oxygen atoms in total. The first-order valence-corrected chi connectivity index (χ1v) is 12.2. The number of rotatable bonds is 7. The largest absolute Gasteiger partial charge is 0.467 e. The minimum atomic E-state index is -4.20. The molecule has 1 aliphatic heterocycles. The lowest BCUT2D eigenvalue weighted by Crippen LogP contribution is -2.41. The average Bonchev–Trinajstić information content (AvgIpc) is 3.38. The molecule has 4 heterocycles. The molecule has 1 atom stereocenters. The second-order valence-electron chi connectivity index (χ2n) is 8.84. The zero-order valence-corrected chi connectivity index (χ0v) is 19.6. The van der Waals surface area contributed by atoms with Gasteiger partial charge in [0.1, 0.15) is 17.4 Å². The molecule has 4 rings (SSSR count). The lowest BCUT2D eigenvalue weighted by molar-refractivity contribution is 0.0981. The number of hydrogen-bond acceptors (Lipinski definition) is 8. The van der Waals surface area contributed by atoms with E-state index in [1.165, 1.54) is 6.07 Å². The number of sulfonamides is 1. The standard InChI is InChI=1S/C23H27N5O4S/c1-16-13-23(2,3)28(15-16)21-18(8-5-11-24-21)22(29)27-33(30,31)20-10-4-9-19(26-20)25-14-17-7-6-12-32-17/h4-12,16H,13-15H2,1-3H3,(H,25,26)(H,27,29). The van der Waals surface area contributed by atoms with Crippen LogP contribution in [0.1, 0.15) is 43.3 Å². The first kappa shape index (κ1) is 22.8. The third-order valence-corrected chi connectivity index (χ3v) is 6.84. The molecule has 0 saturated carbocycles. The summed E-state index contributed by atoms with van der Waals surface area (Å²) in [6, 6.07) is 11.3. The van der Waals surface area contributed by atoms with Crippen molar-refractivity contribution >= 4 is 27.6 Å². The molecule has 0 spiro atoms. The summed E-state index contributed by atoms with van der Waals surface area (Å²) in [7, 11) is -4.20. The molecule has 0 radical (unpaired) electrons. The van der Waals surface area contributed by atoms with Crippen LogP contribution in [0.5, 0.6) is 0 Å². The Morgan fingerprint density at radius 3 is 2.73 bits per heavy atom. The lowest BCUT2D eigenvalue weighted by Gasteiger charge is -2.33. The molecule has 0 aromatic carbocycles. The van der Waals surface area contributed by atoms with E-state index in [0.717, 1.165) is 13.0 Å². The maximum absolute atomic E-state index is 13.1. The predicted molar refractivity (Wildman–Crippen MR) is 124 cm³/mol. The summed E-state index contributed by atoms with van der Waals surface area (Å²) in [5, 5.41) is 2.74. The van der Waals surface area contributed by atoms with Gasteiger partial charge in [0.05, 0.1) is 18.4 Å². The van der Waals surface area contributed by atoms with Crippen molar-refractivity contribution in [3.63, 3.8) is 0 Å². The van der Waals surface area contributed by atoms with E-state index < -0.39 is 15.9 Å². The molecule has 1 saturated heterocycles. The molecule has 3 aromatic heterocycles. The van der Waals surface area contributed by atoms with Crippen LogP contribution in [-0.4, -0.2) is 36.4 Å². The zero-order chi connectivity index (χ0) is 23.6. The molecule has 33 heavy (non-hydrogen) atoms. The van der Waals surface area contributed by atoms with Crippen LogP contribution < -0.4 is 14.9 Å². The third kappa shape index (κ3) is 5.00. The molecular weight excluding hydrogens is 442 g/mol. The fraction of sp³-hybridized carbons (Fsp3) is 0.348. The van der Waals surface area contributed by atoms with Crippen molar-refractivity contribution in [2.24, 2.45) is 5.92 Å². The number of anilines is 2. The number of carbonyl (C=O) groups is 1. The Morgan fingerprint density at radius 2 is 2.03 bits per heavy atom. The van der Waals surface area contributed by atoms with Crippen LogP contribution in [0.25, 0.3) is 0 Å². The maximum Gasteiger partial charge on any atom is 0.281 e. The van der Waals surface area contributed by atoms with E-state index in [2.05, 4.69) is 45.7 Å². The van der Waals surface area contributed by atoms with Gasteiger partial charge in [0.2, 0.25) is 0 Å². The first-order chi connectivity index (χ1) is 15.7. The highest BCUT2D eigenvalue weighted by Gasteiger charge is 2.39. The molecule has 3 aromatic rings. The van der Waals surface area contributed by atoms with E-state index in [4.69, 9.17) is 4.42 Å². The smallest absolute Gasteiger partial charge is 0.281 e. The summed E-state index contributed by atoms with van der Waals surface area (Å²) in [5.74, 6) is 1.19. The van der Waals surface area contributed by atoms with Gasteiger partial charge in [-0.2, -0.15) is 8.42 Å². The summed E-state index contributed by atoms with van der Waals surface area (Å²) in [6.07, 6.45) is 4.11. The Bertz CT molecular complexity index is 1240. The molecule has 2 N–H and O–H groups in total. The van der Waals surface area contributed by atoms with E-state index in [1.807, 2.05) is 0 Å². The number of amides is 1. The van der Waals surface area contributed by atoms with E-state index in [0.29, 0.717) is 29.9 Å². The molecule has 1 unspecified atom stereocenters. The van der Waals surface area contributed by atoms with Gasteiger partial charge in [0.15, 0.2) is 5.03 Å². The van der Waals surface area contributed by atoms with Gasteiger partial charge in [-0.05, 0) is 62.6 Å². The van der Waals surface area contributed by atoms with Crippen molar-refractivity contribution in [1.29, 1.82) is 0 Å². The van der Waals surface area contributed by atoms with E-state index in [9.17, 15) is 13.2 Å². The Hall–Kier alpha value is -3.40. The number of pyridine rings is 2. The van der Waals surface area contributed by atoms with E-state index >= 15 is 0 Å². The van der Waals surface area contributed by atoms with Crippen molar-refractivity contribution in [2.45, 2.75) is 44.3 Å². The van der Waals surface area contributed by atoms with Crippen molar-refractivity contribution in [3.8, 4) is 0 Å². The highest BCUT2D eigenvalue weighted by molar-refractivity contribution is 7.90. The Labute approximate surface area is 193 Å². The molecule has 174 valence electrons. The van der Waals surface area contributed by atoms with Crippen molar-refractivity contribution < 1.29 is 17.6 Å². The molecule has 1 amide bonds. The fourth-order valence-corrected chi connectivity index (χ4v) is 5.17. The van der Waals surface area contributed by atoms with Crippen molar-refractivity contribution in [2.75, 3.05) is 16.8 Å². The molecule has 1 aliphatic rings. The topological polar surface area (TPSA) is 117 Å². The van der Waals surface area contributed by atoms with Crippen LogP contribution in [0.3, 0.4) is 0 Å². The number of furan rings is 1. The second kappa shape index (κ2) is 8.86. The van der Waals surface area contributed by atoms with Gasteiger partial charge in [0.25, 0.3) is 15.9 Å². The number of hydrogen-bond donors (Lipinski definition) is 2. The SMILES string of the molecule is CC1CN(c2ncccc2C(=O)NS(=O)(=O)c2cccc(NCc3ccco3)n2)C(C)(C)C1. The summed E-state index contributed by atoms with van der Waals surface area (Å²) in [5.41, 5.74) is 0.00683. The van der Waals surface area contributed by atoms with Crippen molar-refractivity contribution in [1.82, 2.24) is 14.7 Å². The molecule has 10 heteroatoms. The Kier molecular flexibility index (Phi) is 6.11. The minimum absolute atomic E-state index is 0.197. The van der Waals surface area contributed by atoms with Gasteiger partial charge >= 0.3 is 0 Å². The third-order valence-electron chi connectivity index (χ3n) is 5.61. The van der Waals surface area contributed by atoms with Crippen LogP contribution in [0.15, 0.2) is 64.4 Å². The quantitative estimate of drug-likeness (QED) is 0.540. The lowest BCUT2D eigenvalue weighted by atomic mass is 9.97. The van der Waals surface area contributed by atoms with Crippen LogP contribution in [0.4, 0.5) is 11.6 Å². The normalized spacial score (nSPS) is 17.7. The van der Waals surface area contributed by atoms with Crippen LogP contribution >= 0.6 is 0 Å². The molecular formula is C23H27N5O4S. The maximum atomic E-state index is 13.1. The Balaban J connectivity index is 1.54. The van der Waals surface area contributed by atoms with Gasteiger partial charge in [-0.1, -0.05) is 13.0 Å². The van der Waals surface area contributed by atoms with Crippen molar-refractivity contribution in [3.05, 3.63) is 66.2 Å². The predicted octanol–water partition coefficient (Wildman–Crippen LogP) is 3.43. The fourth-order valence-electron chi connectivity index (χ4n) is 4.23. The monoisotopic (exact) mass is 469 g/mol. The average molecular weight is 470 g/mol. The Morgan fingerprint density at radius 1 is 1.21 bits per heavy atom. The first-order valence-electron chi connectivity index (χ1n) is 10.7. The molecule has 0 bridgehead atoms. The van der Waals surface area contributed by atoms with E-state index in [-0.39, 0.29) is 16.1 Å². The minimum Gasteiger partial charge on any atom is -0.467 e. The molecule has 1 fully saturated rings. The highest BCUT2D eigenvalue weighted by atomic mass is 32.2. The summed E-state index contributed by atoms with van der Waals surface area (Å²) in [6.45, 7) is 7.41. The van der Waals surface area contributed by atoms with Crippen LogP contribution in [0.2, 0.25) is 0 Å².